The predicted octanol–water partition coefficient (Wildman–Crippen LogP) is 1.27. The van der Waals surface area contributed by atoms with E-state index >= 15 is 0 Å². The number of hydrogen-bond donors (Lipinski definition) is 3. The molecule has 0 aliphatic heterocycles. The van der Waals surface area contributed by atoms with Crippen LogP contribution >= 0.6 is 0 Å². The summed E-state index contributed by atoms with van der Waals surface area (Å²) in [7, 11) is -3.64. The SMILES string of the molecule is CC(C)(O)[C@H](F)CNC(=O)c1cnc(-n2ncc3cc(C#N)cnc32)cc1Nc1cnn(S(C)(=O)=O)c1. The topological polar surface area (TPSA) is 181 Å². The second-order valence-electron chi connectivity index (χ2n) is 8.71. The summed E-state index contributed by atoms with van der Waals surface area (Å²) in [5.41, 5.74) is -0.449. The Morgan fingerprint density at radius 2 is 1.97 bits per heavy atom. The summed E-state index contributed by atoms with van der Waals surface area (Å²) < 4.78 is 39.9. The summed E-state index contributed by atoms with van der Waals surface area (Å²) in [6.45, 7) is 2.12. The van der Waals surface area contributed by atoms with Crippen molar-refractivity contribution in [3.05, 3.63) is 54.2 Å². The van der Waals surface area contributed by atoms with Crippen molar-refractivity contribution in [2.75, 3.05) is 18.1 Å². The highest BCUT2D eigenvalue weighted by Crippen LogP contribution is 2.25. The first kappa shape index (κ1) is 25.7. The number of pyridine rings is 2. The van der Waals surface area contributed by atoms with Crippen molar-refractivity contribution < 1.29 is 22.7 Å². The molecule has 0 saturated heterocycles. The molecule has 0 radical (unpaired) electrons. The molecule has 3 N–H and O–H groups in total. The van der Waals surface area contributed by atoms with Gasteiger partial charge in [-0.1, -0.05) is 0 Å². The molecule has 37 heavy (non-hydrogen) atoms. The lowest BCUT2D eigenvalue weighted by Crippen LogP contribution is -2.42. The van der Waals surface area contributed by atoms with E-state index in [0.29, 0.717) is 16.6 Å². The Balaban J connectivity index is 1.73. The third-order valence-electron chi connectivity index (χ3n) is 5.28. The average molecular weight is 528 g/mol. The molecule has 4 rings (SSSR count). The van der Waals surface area contributed by atoms with Gasteiger partial charge in [-0.3, -0.25) is 4.79 Å². The quantitative estimate of drug-likeness (QED) is 0.302. The highest BCUT2D eigenvalue weighted by atomic mass is 32.2. The van der Waals surface area contributed by atoms with Crippen LogP contribution in [0, 0.1) is 11.3 Å². The molecule has 13 nitrogen and oxygen atoms in total. The first-order chi connectivity index (χ1) is 17.4. The molecule has 0 bridgehead atoms. The van der Waals surface area contributed by atoms with E-state index in [4.69, 9.17) is 5.26 Å². The first-order valence-corrected chi connectivity index (χ1v) is 12.6. The van der Waals surface area contributed by atoms with Gasteiger partial charge in [0.05, 0.1) is 59.5 Å². The molecule has 0 saturated carbocycles. The third kappa shape index (κ3) is 5.55. The van der Waals surface area contributed by atoms with Gasteiger partial charge < -0.3 is 15.7 Å². The molecule has 4 aromatic rings. The van der Waals surface area contributed by atoms with Crippen molar-refractivity contribution in [1.29, 1.82) is 5.26 Å². The molecule has 0 aromatic carbocycles. The molecule has 0 unspecified atom stereocenters. The van der Waals surface area contributed by atoms with Gasteiger partial charge in [-0.25, -0.2) is 22.8 Å². The Morgan fingerprint density at radius 1 is 1.22 bits per heavy atom. The summed E-state index contributed by atoms with van der Waals surface area (Å²) in [5.74, 6) is -0.437. The molecule has 1 atom stereocenters. The molecule has 4 heterocycles. The van der Waals surface area contributed by atoms with Crippen LogP contribution in [0.1, 0.15) is 29.8 Å². The third-order valence-corrected chi connectivity index (χ3v) is 6.15. The molecular formula is C22H22FN9O4S. The van der Waals surface area contributed by atoms with E-state index in [9.17, 15) is 22.7 Å². The van der Waals surface area contributed by atoms with Gasteiger partial charge in [-0.15, -0.1) is 0 Å². The van der Waals surface area contributed by atoms with Crippen LogP contribution in [-0.2, 0) is 10.0 Å². The number of carbonyl (C=O) groups excluding carboxylic acids is 1. The normalized spacial score (nSPS) is 12.8. The van der Waals surface area contributed by atoms with Gasteiger partial charge in [0.15, 0.2) is 11.5 Å². The Hall–Kier alpha value is -4.42. The molecule has 1 amide bonds. The molecule has 15 heteroatoms. The molecule has 0 aliphatic rings. The molecule has 4 aromatic heterocycles. The summed E-state index contributed by atoms with van der Waals surface area (Å²) >= 11 is 0. The fourth-order valence-electron chi connectivity index (χ4n) is 3.23. The van der Waals surface area contributed by atoms with Crippen molar-refractivity contribution in [3.8, 4) is 11.9 Å². The summed E-state index contributed by atoms with van der Waals surface area (Å²) in [6.07, 6.45) is 5.86. The Kier molecular flexibility index (Phi) is 6.63. The number of fused-ring (bicyclic) bond motifs is 1. The van der Waals surface area contributed by atoms with Crippen LogP contribution in [0.3, 0.4) is 0 Å². The predicted molar refractivity (Wildman–Crippen MR) is 131 cm³/mol. The van der Waals surface area contributed by atoms with Crippen LogP contribution in [0.25, 0.3) is 16.9 Å². The molecular weight excluding hydrogens is 505 g/mol. The Morgan fingerprint density at radius 3 is 2.62 bits per heavy atom. The number of nitrogens with zero attached hydrogens (tertiary/aromatic N) is 7. The average Bonchev–Trinajstić information content (AvgIpc) is 3.48. The van der Waals surface area contributed by atoms with E-state index in [0.717, 1.165) is 10.3 Å². The maximum absolute atomic E-state index is 14.2. The van der Waals surface area contributed by atoms with Crippen LogP contribution in [0.4, 0.5) is 15.8 Å². The molecule has 192 valence electrons. The van der Waals surface area contributed by atoms with Crippen molar-refractivity contribution >= 4 is 38.3 Å². The zero-order valence-corrected chi connectivity index (χ0v) is 20.7. The molecule has 0 aliphatic carbocycles. The largest absolute Gasteiger partial charge is 0.387 e. The van der Waals surface area contributed by atoms with Crippen LogP contribution < -0.4 is 10.6 Å². The zero-order valence-electron chi connectivity index (χ0n) is 19.9. The fraction of sp³-hybridized carbons (Fsp3) is 0.273. The standard InChI is InChI=1S/C22H22FN9O4S/c1-22(2,34)18(23)11-27-21(33)16-10-25-19(32-20-14(8-29-32)4-13(6-24)7-26-20)5-17(16)30-15-9-28-31(12-15)37(3,35)36/h4-5,7-10,12,18,34H,11H2,1-3H3,(H,25,30)(H,27,33)/t18-/m1/s1. The number of hydrogen-bond acceptors (Lipinski definition) is 10. The Bertz CT molecular complexity index is 1630. The van der Waals surface area contributed by atoms with Gasteiger partial charge in [-0.2, -0.15) is 24.2 Å². The maximum atomic E-state index is 14.2. The lowest BCUT2D eigenvalue weighted by atomic mass is 10.0. The Labute approximate surface area is 210 Å². The minimum atomic E-state index is -3.64. The number of rotatable bonds is 8. The second-order valence-corrected chi connectivity index (χ2v) is 10.6. The second kappa shape index (κ2) is 9.56. The number of nitrogens with one attached hydrogen (secondary N) is 2. The number of aromatic nitrogens is 6. The number of alkyl halides is 1. The number of nitriles is 1. The molecule has 0 fully saturated rings. The van der Waals surface area contributed by atoms with Gasteiger partial charge in [0.1, 0.15) is 12.2 Å². The van der Waals surface area contributed by atoms with Gasteiger partial charge in [0.25, 0.3) is 15.9 Å². The highest BCUT2D eigenvalue weighted by molar-refractivity contribution is 7.89. The number of carbonyl (C=O) groups is 1. The van der Waals surface area contributed by atoms with Crippen LogP contribution in [0.15, 0.2) is 43.1 Å². The fourth-order valence-corrected chi connectivity index (χ4v) is 3.75. The molecule has 0 spiro atoms. The summed E-state index contributed by atoms with van der Waals surface area (Å²) in [5, 5.41) is 32.9. The number of anilines is 2. The van der Waals surface area contributed by atoms with E-state index in [1.807, 2.05) is 6.07 Å². The first-order valence-electron chi connectivity index (χ1n) is 10.8. The van der Waals surface area contributed by atoms with E-state index in [2.05, 4.69) is 30.8 Å². The van der Waals surface area contributed by atoms with Crippen LogP contribution in [-0.4, -0.2) is 72.9 Å². The van der Waals surface area contributed by atoms with Crippen LogP contribution in [0.5, 0.6) is 0 Å². The van der Waals surface area contributed by atoms with Crippen molar-refractivity contribution in [2.24, 2.45) is 0 Å². The van der Waals surface area contributed by atoms with Crippen LogP contribution in [0.2, 0.25) is 0 Å². The summed E-state index contributed by atoms with van der Waals surface area (Å²) in [4.78, 5) is 21.5. The number of aliphatic hydroxyl groups is 1. The lowest BCUT2D eigenvalue weighted by Gasteiger charge is -2.22. The van der Waals surface area contributed by atoms with Gasteiger partial charge in [0.2, 0.25) is 0 Å². The smallest absolute Gasteiger partial charge is 0.255 e. The lowest BCUT2D eigenvalue weighted by molar-refractivity contribution is -0.00177. The van der Waals surface area contributed by atoms with E-state index in [1.54, 1.807) is 6.07 Å². The van der Waals surface area contributed by atoms with E-state index in [-0.39, 0.29) is 22.8 Å². The number of amides is 1. The van der Waals surface area contributed by atoms with Gasteiger partial charge >= 0.3 is 0 Å². The minimum absolute atomic E-state index is 0.00925. The van der Waals surface area contributed by atoms with Crippen molar-refractivity contribution in [1.82, 2.24) is 34.3 Å². The highest BCUT2D eigenvalue weighted by Gasteiger charge is 2.27. The van der Waals surface area contributed by atoms with Crippen molar-refractivity contribution in [2.45, 2.75) is 25.6 Å². The van der Waals surface area contributed by atoms with E-state index in [1.165, 1.54) is 55.6 Å². The van der Waals surface area contributed by atoms with E-state index < -0.39 is 34.2 Å². The monoisotopic (exact) mass is 527 g/mol. The number of halogens is 1. The van der Waals surface area contributed by atoms with Gasteiger partial charge in [0, 0.05) is 23.8 Å². The van der Waals surface area contributed by atoms with Gasteiger partial charge in [-0.05, 0) is 19.9 Å². The minimum Gasteiger partial charge on any atom is -0.387 e. The summed E-state index contributed by atoms with van der Waals surface area (Å²) in [6, 6.07) is 5.09. The zero-order chi connectivity index (χ0) is 27.0. The maximum Gasteiger partial charge on any atom is 0.255 e. The van der Waals surface area contributed by atoms with Crippen molar-refractivity contribution in [3.63, 3.8) is 0 Å².